The lowest BCUT2D eigenvalue weighted by molar-refractivity contribution is 0.0477. The molecule has 0 amide bonds. The van der Waals surface area contributed by atoms with Crippen LogP contribution in [0.2, 0.25) is 0 Å². The number of rotatable bonds is 4. The summed E-state index contributed by atoms with van der Waals surface area (Å²) < 4.78 is 9.72. The number of nitrogens with zero attached hydrogens (tertiary/aromatic N) is 2. The fraction of sp³-hybridized carbons (Fsp3) is 0.385. The summed E-state index contributed by atoms with van der Waals surface area (Å²) in [6.07, 6.45) is 1.12. The first-order valence-corrected chi connectivity index (χ1v) is 5.95. The summed E-state index contributed by atoms with van der Waals surface area (Å²) in [7, 11) is 0. The molecule has 7 nitrogen and oxygen atoms in total. The van der Waals surface area contributed by atoms with Gasteiger partial charge in [0.15, 0.2) is 5.69 Å². The molecule has 1 N–H and O–H groups in total. The zero-order valence-electron chi connectivity index (χ0n) is 11.2. The van der Waals surface area contributed by atoms with Crippen molar-refractivity contribution in [2.75, 3.05) is 19.8 Å². The Labute approximate surface area is 115 Å². The molecule has 0 fully saturated rings. The van der Waals surface area contributed by atoms with Crippen molar-refractivity contribution in [3.8, 4) is 11.8 Å². The van der Waals surface area contributed by atoms with Crippen LogP contribution in [0.5, 0.6) is 0 Å². The molecular weight excluding hydrogens is 264 g/mol. The van der Waals surface area contributed by atoms with Crippen molar-refractivity contribution in [1.82, 2.24) is 10.2 Å². The van der Waals surface area contributed by atoms with Gasteiger partial charge >= 0.3 is 11.9 Å². The first-order chi connectivity index (χ1) is 9.65. The molecule has 7 heteroatoms. The van der Waals surface area contributed by atoms with Crippen LogP contribution < -0.4 is 0 Å². The van der Waals surface area contributed by atoms with Crippen LogP contribution >= 0.6 is 0 Å². The first-order valence-electron chi connectivity index (χ1n) is 5.95. The van der Waals surface area contributed by atoms with E-state index in [2.05, 4.69) is 22.0 Å². The van der Waals surface area contributed by atoms with E-state index in [1.807, 2.05) is 0 Å². The maximum absolute atomic E-state index is 11.9. The van der Waals surface area contributed by atoms with Gasteiger partial charge in [-0.1, -0.05) is 5.92 Å². The quantitative estimate of drug-likeness (QED) is 0.619. The molecular formula is C13H14N2O5. The molecule has 0 aliphatic heterocycles. The second kappa shape index (κ2) is 7.86. The average Bonchev–Trinajstić information content (AvgIpc) is 2.45. The molecule has 106 valence electrons. The van der Waals surface area contributed by atoms with Crippen LogP contribution in [0.3, 0.4) is 0 Å². The largest absolute Gasteiger partial charge is 0.462 e. The number of ether oxygens (including phenoxy) is 2. The normalized spacial score (nSPS) is 9.35. The van der Waals surface area contributed by atoms with E-state index in [4.69, 9.17) is 14.6 Å². The van der Waals surface area contributed by atoms with Gasteiger partial charge in [-0.25, -0.2) is 9.59 Å². The predicted octanol–water partition coefficient (Wildman–Crippen LogP) is 0.174. The minimum atomic E-state index is -0.743. The Morgan fingerprint density at radius 2 is 1.90 bits per heavy atom. The Bertz CT molecular complexity index is 560. The minimum Gasteiger partial charge on any atom is -0.462 e. The summed E-state index contributed by atoms with van der Waals surface area (Å²) in [5.74, 6) is 3.35. The summed E-state index contributed by atoms with van der Waals surface area (Å²) in [6, 6.07) is 0. The molecule has 1 heterocycles. The summed E-state index contributed by atoms with van der Waals surface area (Å²) >= 11 is 0. The zero-order chi connectivity index (χ0) is 15.0. The lowest BCUT2D eigenvalue weighted by atomic mass is 10.1. The summed E-state index contributed by atoms with van der Waals surface area (Å²) in [5.41, 5.74) is -0.216. The number of hydrogen-bond donors (Lipinski definition) is 1. The van der Waals surface area contributed by atoms with Crippen LogP contribution in [0, 0.1) is 11.8 Å². The molecule has 0 spiro atoms. The second-order valence-electron chi connectivity index (χ2n) is 3.38. The van der Waals surface area contributed by atoms with Crippen molar-refractivity contribution >= 4 is 11.9 Å². The molecule has 0 unspecified atom stereocenters. The zero-order valence-corrected chi connectivity index (χ0v) is 11.2. The third-order valence-corrected chi connectivity index (χ3v) is 2.11. The van der Waals surface area contributed by atoms with E-state index in [-0.39, 0.29) is 30.0 Å². The molecule has 0 radical (unpaired) electrons. The molecule has 0 saturated heterocycles. The molecule has 1 aromatic heterocycles. The maximum atomic E-state index is 11.9. The number of aromatic nitrogens is 2. The van der Waals surface area contributed by atoms with E-state index in [9.17, 15) is 9.59 Å². The van der Waals surface area contributed by atoms with E-state index in [0.717, 1.165) is 6.20 Å². The molecule has 1 rings (SSSR count). The standard InChI is InChI=1S/C13H14N2O5/c1-3-19-12(17)9-8-14-15-10(6-5-7-16)11(9)13(18)20-4-2/h8,16H,3-4,7H2,1-2H3. The summed E-state index contributed by atoms with van der Waals surface area (Å²) in [4.78, 5) is 23.7. The van der Waals surface area contributed by atoms with E-state index < -0.39 is 18.5 Å². The Morgan fingerprint density at radius 3 is 2.50 bits per heavy atom. The van der Waals surface area contributed by atoms with Gasteiger partial charge in [-0.05, 0) is 19.8 Å². The van der Waals surface area contributed by atoms with E-state index in [1.54, 1.807) is 13.8 Å². The van der Waals surface area contributed by atoms with Crippen molar-refractivity contribution in [3.05, 3.63) is 23.0 Å². The van der Waals surface area contributed by atoms with Gasteiger partial charge in [0.25, 0.3) is 0 Å². The highest BCUT2D eigenvalue weighted by Gasteiger charge is 2.24. The van der Waals surface area contributed by atoms with Crippen molar-refractivity contribution < 1.29 is 24.2 Å². The maximum Gasteiger partial charge on any atom is 0.342 e. The van der Waals surface area contributed by atoms with Crippen LogP contribution in [-0.4, -0.2) is 47.1 Å². The fourth-order valence-corrected chi connectivity index (χ4v) is 1.37. The topological polar surface area (TPSA) is 98.6 Å². The fourth-order valence-electron chi connectivity index (χ4n) is 1.37. The predicted molar refractivity (Wildman–Crippen MR) is 67.9 cm³/mol. The van der Waals surface area contributed by atoms with Gasteiger partial charge in [0.1, 0.15) is 12.2 Å². The highest BCUT2D eigenvalue weighted by atomic mass is 16.5. The van der Waals surface area contributed by atoms with Crippen LogP contribution in [0.25, 0.3) is 0 Å². The Balaban J connectivity index is 3.35. The van der Waals surface area contributed by atoms with Crippen LogP contribution in [0.1, 0.15) is 40.3 Å². The molecule has 1 aromatic rings. The Kier molecular flexibility index (Phi) is 6.13. The lowest BCUT2D eigenvalue weighted by Crippen LogP contribution is -2.17. The van der Waals surface area contributed by atoms with Gasteiger partial charge in [0.2, 0.25) is 0 Å². The number of aliphatic hydroxyl groups is 1. The average molecular weight is 278 g/mol. The SMILES string of the molecule is CCOC(=O)c1cnnc(C#CCO)c1C(=O)OCC. The van der Waals surface area contributed by atoms with Crippen LogP contribution in [-0.2, 0) is 9.47 Å². The third-order valence-electron chi connectivity index (χ3n) is 2.11. The highest BCUT2D eigenvalue weighted by Crippen LogP contribution is 2.14. The third kappa shape index (κ3) is 3.76. The first kappa shape index (κ1) is 15.6. The molecule has 0 saturated carbocycles. The van der Waals surface area contributed by atoms with Crippen LogP contribution in [0.4, 0.5) is 0 Å². The van der Waals surface area contributed by atoms with Crippen molar-refractivity contribution in [3.63, 3.8) is 0 Å². The van der Waals surface area contributed by atoms with Gasteiger partial charge in [-0.15, -0.1) is 5.10 Å². The minimum absolute atomic E-state index is 0.0388. The molecule has 0 aromatic carbocycles. The van der Waals surface area contributed by atoms with E-state index >= 15 is 0 Å². The molecule has 0 aliphatic carbocycles. The van der Waals surface area contributed by atoms with Gasteiger partial charge in [-0.3, -0.25) is 0 Å². The van der Waals surface area contributed by atoms with Gasteiger partial charge in [0, 0.05) is 0 Å². The monoisotopic (exact) mass is 278 g/mol. The van der Waals surface area contributed by atoms with Crippen molar-refractivity contribution in [2.45, 2.75) is 13.8 Å². The number of hydrogen-bond acceptors (Lipinski definition) is 7. The highest BCUT2D eigenvalue weighted by molar-refractivity contribution is 6.04. The summed E-state index contributed by atoms with van der Waals surface area (Å²) in [6.45, 7) is 3.16. The molecule has 0 aliphatic rings. The van der Waals surface area contributed by atoms with Crippen molar-refractivity contribution in [2.24, 2.45) is 0 Å². The van der Waals surface area contributed by atoms with Gasteiger partial charge in [-0.2, -0.15) is 5.10 Å². The number of carbonyl (C=O) groups excluding carboxylic acids is 2. The smallest absolute Gasteiger partial charge is 0.342 e. The van der Waals surface area contributed by atoms with Gasteiger partial charge in [0.05, 0.1) is 25.0 Å². The molecule has 0 bridgehead atoms. The second-order valence-corrected chi connectivity index (χ2v) is 3.38. The van der Waals surface area contributed by atoms with E-state index in [0.29, 0.717) is 0 Å². The lowest BCUT2D eigenvalue weighted by Gasteiger charge is -2.08. The van der Waals surface area contributed by atoms with Gasteiger partial charge < -0.3 is 14.6 Å². The summed E-state index contributed by atoms with van der Waals surface area (Å²) in [5, 5.41) is 16.0. The Hall–Kier alpha value is -2.46. The number of carbonyl (C=O) groups is 2. The molecule has 20 heavy (non-hydrogen) atoms. The Morgan fingerprint density at radius 1 is 1.25 bits per heavy atom. The van der Waals surface area contributed by atoms with Crippen LogP contribution in [0.15, 0.2) is 6.20 Å². The van der Waals surface area contributed by atoms with Crippen molar-refractivity contribution in [1.29, 1.82) is 0 Å². The number of aliphatic hydroxyl groups excluding tert-OH is 1. The number of esters is 2. The molecule has 0 atom stereocenters. The van der Waals surface area contributed by atoms with E-state index in [1.165, 1.54) is 0 Å².